The molecule has 1 aliphatic rings. The Hall–Kier alpha value is -1.98. The lowest BCUT2D eigenvalue weighted by atomic mass is 10.1. The molecule has 96 valence electrons. The van der Waals surface area contributed by atoms with Gasteiger partial charge in [-0.05, 0) is 18.6 Å². The number of amides is 2. The van der Waals surface area contributed by atoms with Crippen LogP contribution < -0.4 is 5.32 Å². The minimum atomic E-state index is -1.17. The van der Waals surface area contributed by atoms with Gasteiger partial charge >= 0.3 is 0 Å². The lowest BCUT2D eigenvalue weighted by Crippen LogP contribution is -2.37. The van der Waals surface area contributed by atoms with Crippen LogP contribution in [0.15, 0.2) is 18.2 Å². The second-order valence-electron chi connectivity index (χ2n) is 4.03. The molecule has 0 unspecified atom stereocenters. The van der Waals surface area contributed by atoms with E-state index in [1.54, 1.807) is 0 Å². The molecule has 1 saturated heterocycles. The van der Waals surface area contributed by atoms with E-state index in [1.165, 1.54) is 17.0 Å². The summed E-state index contributed by atoms with van der Waals surface area (Å²) in [6.45, 7) is 0.691. The Balaban J connectivity index is 2.24. The fourth-order valence-corrected chi connectivity index (χ4v) is 1.82. The van der Waals surface area contributed by atoms with Crippen LogP contribution in [0, 0.1) is 11.6 Å². The van der Waals surface area contributed by atoms with E-state index in [-0.39, 0.29) is 18.0 Å². The number of hydrogen-bond acceptors (Lipinski definition) is 2. The first-order chi connectivity index (χ1) is 8.59. The van der Waals surface area contributed by atoms with Crippen molar-refractivity contribution >= 4 is 11.8 Å². The van der Waals surface area contributed by atoms with Gasteiger partial charge in [0.2, 0.25) is 5.91 Å². The quantitative estimate of drug-likeness (QED) is 0.810. The minimum Gasteiger partial charge on any atom is -0.354 e. The van der Waals surface area contributed by atoms with E-state index in [2.05, 4.69) is 5.32 Å². The van der Waals surface area contributed by atoms with Crippen LogP contribution in [0.5, 0.6) is 0 Å². The highest BCUT2D eigenvalue weighted by Crippen LogP contribution is 2.14. The van der Waals surface area contributed by atoms with Crippen LogP contribution in [0.3, 0.4) is 0 Å². The molecule has 0 aliphatic carbocycles. The molecule has 0 spiro atoms. The number of benzene rings is 1. The zero-order chi connectivity index (χ0) is 13.1. The number of hydrogen-bond donors (Lipinski definition) is 1. The van der Waals surface area contributed by atoms with Gasteiger partial charge in [-0.1, -0.05) is 6.07 Å². The molecule has 4 nitrogen and oxygen atoms in total. The summed E-state index contributed by atoms with van der Waals surface area (Å²) in [7, 11) is 0. The third-order valence-corrected chi connectivity index (χ3v) is 2.73. The molecule has 1 aromatic carbocycles. The highest BCUT2D eigenvalue weighted by atomic mass is 19.2. The van der Waals surface area contributed by atoms with E-state index in [9.17, 15) is 18.4 Å². The van der Waals surface area contributed by atoms with Crippen molar-refractivity contribution in [1.29, 1.82) is 0 Å². The van der Waals surface area contributed by atoms with Gasteiger partial charge in [0.1, 0.15) is 0 Å². The molecule has 1 aliphatic heterocycles. The van der Waals surface area contributed by atoms with E-state index in [0.29, 0.717) is 19.5 Å². The Bertz CT molecular complexity index is 491. The molecule has 2 rings (SSSR count). The molecule has 1 fully saturated rings. The van der Waals surface area contributed by atoms with E-state index in [4.69, 9.17) is 0 Å². The van der Waals surface area contributed by atoms with E-state index < -0.39 is 17.5 Å². The maximum absolute atomic E-state index is 13.5. The van der Waals surface area contributed by atoms with Gasteiger partial charge in [0.25, 0.3) is 5.91 Å². The fourth-order valence-electron chi connectivity index (χ4n) is 1.82. The van der Waals surface area contributed by atoms with Gasteiger partial charge in [-0.3, -0.25) is 9.59 Å². The van der Waals surface area contributed by atoms with Gasteiger partial charge < -0.3 is 10.2 Å². The summed E-state index contributed by atoms with van der Waals surface area (Å²) in [5.41, 5.74) is -0.343. The van der Waals surface area contributed by atoms with Crippen LogP contribution in [-0.2, 0) is 4.79 Å². The molecule has 0 saturated carbocycles. The molecule has 1 N–H and O–H groups in total. The van der Waals surface area contributed by atoms with Crippen LogP contribution in [0.25, 0.3) is 0 Å². The van der Waals surface area contributed by atoms with E-state index in [1.807, 2.05) is 0 Å². The topological polar surface area (TPSA) is 49.4 Å². The smallest absolute Gasteiger partial charge is 0.257 e. The summed E-state index contributed by atoms with van der Waals surface area (Å²) in [6.07, 6.45) is 0.592. The average Bonchev–Trinajstić information content (AvgIpc) is 2.56. The Morgan fingerprint density at radius 1 is 1.33 bits per heavy atom. The summed E-state index contributed by atoms with van der Waals surface area (Å²) in [5, 5.41) is 2.61. The van der Waals surface area contributed by atoms with Crippen molar-refractivity contribution in [3.8, 4) is 0 Å². The van der Waals surface area contributed by atoms with Gasteiger partial charge in [0.05, 0.1) is 12.1 Å². The SMILES string of the molecule is O=C1CN(C(=O)c2cccc(F)c2F)CCCN1. The predicted molar refractivity (Wildman–Crippen MR) is 59.9 cm³/mol. The predicted octanol–water partition coefficient (Wildman–Crippen LogP) is 0.927. The first kappa shape index (κ1) is 12.5. The Morgan fingerprint density at radius 3 is 2.89 bits per heavy atom. The van der Waals surface area contributed by atoms with Crippen molar-refractivity contribution in [3.63, 3.8) is 0 Å². The summed E-state index contributed by atoms with van der Waals surface area (Å²) in [4.78, 5) is 24.5. The van der Waals surface area contributed by atoms with Crippen LogP contribution >= 0.6 is 0 Å². The number of nitrogens with zero attached hydrogens (tertiary/aromatic N) is 1. The lowest BCUT2D eigenvalue weighted by Gasteiger charge is -2.19. The zero-order valence-electron chi connectivity index (χ0n) is 9.58. The van der Waals surface area contributed by atoms with Gasteiger partial charge in [-0.15, -0.1) is 0 Å². The molecule has 1 aromatic rings. The minimum absolute atomic E-state index is 0.130. The Morgan fingerprint density at radius 2 is 2.11 bits per heavy atom. The second kappa shape index (κ2) is 5.12. The number of carbonyl (C=O) groups excluding carboxylic acids is 2. The molecular formula is C12H12F2N2O2. The summed E-state index contributed by atoms with van der Waals surface area (Å²) < 4.78 is 26.5. The van der Waals surface area contributed by atoms with Gasteiger partial charge in [0, 0.05) is 13.1 Å². The molecule has 2 amide bonds. The molecule has 0 aromatic heterocycles. The molecule has 1 heterocycles. The Kier molecular flexibility index (Phi) is 3.55. The number of rotatable bonds is 1. The third kappa shape index (κ3) is 2.47. The normalized spacial score (nSPS) is 16.1. The monoisotopic (exact) mass is 254 g/mol. The molecule has 18 heavy (non-hydrogen) atoms. The lowest BCUT2D eigenvalue weighted by molar-refractivity contribution is -0.121. The van der Waals surface area contributed by atoms with Crippen LogP contribution in [-0.4, -0.2) is 36.3 Å². The van der Waals surface area contributed by atoms with Crippen LogP contribution in [0.2, 0.25) is 0 Å². The van der Waals surface area contributed by atoms with Crippen molar-refractivity contribution < 1.29 is 18.4 Å². The molecule has 0 bridgehead atoms. The van der Waals surface area contributed by atoms with Crippen molar-refractivity contribution in [3.05, 3.63) is 35.4 Å². The van der Waals surface area contributed by atoms with Crippen LogP contribution in [0.4, 0.5) is 8.78 Å². The summed E-state index contributed by atoms with van der Waals surface area (Å²) in [5.74, 6) is -3.20. The van der Waals surface area contributed by atoms with Gasteiger partial charge in [-0.25, -0.2) is 8.78 Å². The third-order valence-electron chi connectivity index (χ3n) is 2.73. The van der Waals surface area contributed by atoms with E-state index in [0.717, 1.165) is 6.07 Å². The first-order valence-electron chi connectivity index (χ1n) is 5.59. The number of nitrogens with one attached hydrogen (secondary N) is 1. The number of halogens is 2. The highest BCUT2D eigenvalue weighted by molar-refractivity contribution is 5.96. The van der Waals surface area contributed by atoms with Gasteiger partial charge in [0.15, 0.2) is 11.6 Å². The maximum atomic E-state index is 13.5. The van der Waals surface area contributed by atoms with Crippen molar-refractivity contribution in [2.45, 2.75) is 6.42 Å². The Labute approximate surface area is 103 Å². The largest absolute Gasteiger partial charge is 0.354 e. The van der Waals surface area contributed by atoms with Crippen molar-refractivity contribution in [2.75, 3.05) is 19.6 Å². The second-order valence-corrected chi connectivity index (χ2v) is 4.03. The molecule has 0 radical (unpaired) electrons. The number of carbonyl (C=O) groups is 2. The molecule has 0 atom stereocenters. The van der Waals surface area contributed by atoms with Crippen LogP contribution in [0.1, 0.15) is 16.8 Å². The molecular weight excluding hydrogens is 242 g/mol. The summed E-state index contributed by atoms with van der Waals surface area (Å²) in [6, 6.07) is 3.42. The highest BCUT2D eigenvalue weighted by Gasteiger charge is 2.24. The van der Waals surface area contributed by atoms with Crippen molar-refractivity contribution in [1.82, 2.24) is 10.2 Å². The molecule has 6 heteroatoms. The average molecular weight is 254 g/mol. The van der Waals surface area contributed by atoms with Crippen molar-refractivity contribution in [2.24, 2.45) is 0 Å². The maximum Gasteiger partial charge on any atom is 0.257 e. The first-order valence-corrected chi connectivity index (χ1v) is 5.59. The van der Waals surface area contributed by atoms with Gasteiger partial charge in [-0.2, -0.15) is 0 Å². The zero-order valence-corrected chi connectivity index (χ0v) is 9.58. The fraction of sp³-hybridized carbons (Fsp3) is 0.333. The standard InChI is InChI=1S/C12H12F2N2O2/c13-9-4-1-3-8(11(9)14)12(18)16-6-2-5-15-10(17)7-16/h1,3-4H,2,5-7H2,(H,15,17). The summed E-state index contributed by atoms with van der Waals surface area (Å²) >= 11 is 0. The van der Waals surface area contributed by atoms with E-state index >= 15 is 0 Å².